The maximum Gasteiger partial charge on any atom is 0.382 e. The zero-order valence-electron chi connectivity index (χ0n) is 20.9. The third-order valence-electron chi connectivity index (χ3n) is 6.70. The van der Waals surface area contributed by atoms with Crippen molar-refractivity contribution < 1.29 is 14.7 Å². The summed E-state index contributed by atoms with van der Waals surface area (Å²) in [7, 11) is 4.05. The Morgan fingerprint density at radius 1 is 0.861 bits per heavy atom. The molecule has 36 heavy (non-hydrogen) atoms. The Morgan fingerprint density at radius 2 is 1.50 bits per heavy atom. The summed E-state index contributed by atoms with van der Waals surface area (Å²) in [5.41, 5.74) is 5.78. The van der Waals surface area contributed by atoms with Crippen LogP contribution in [-0.4, -0.2) is 31.1 Å². The molecule has 0 saturated heterocycles. The second-order valence-electron chi connectivity index (χ2n) is 9.50. The fraction of sp³-hybridized carbons (Fsp3) is 0.290. The summed E-state index contributed by atoms with van der Waals surface area (Å²) in [4.78, 5) is 28.4. The normalized spacial score (nSPS) is 13.4. The van der Waals surface area contributed by atoms with Crippen LogP contribution in [0, 0.1) is 17.8 Å². The van der Waals surface area contributed by atoms with Crippen molar-refractivity contribution in [2.24, 2.45) is 5.92 Å². The topological polar surface area (TPSA) is 60.9 Å². The largest absolute Gasteiger partial charge is 0.472 e. The minimum Gasteiger partial charge on any atom is -0.472 e. The number of carboxylic acids is 1. The van der Waals surface area contributed by atoms with Crippen LogP contribution in [0.2, 0.25) is 0 Å². The highest BCUT2D eigenvalue weighted by Gasteiger charge is 2.27. The molecule has 0 atom stereocenters. The summed E-state index contributed by atoms with van der Waals surface area (Å²) in [6.45, 7) is 0.449. The van der Waals surface area contributed by atoms with Crippen LogP contribution in [-0.2, 0) is 16.1 Å². The Bertz CT molecular complexity index is 1260. The average molecular weight is 481 g/mol. The number of amides is 1. The highest BCUT2D eigenvalue weighted by Crippen LogP contribution is 2.30. The number of hydrogen-bond donors (Lipinski definition) is 1. The Morgan fingerprint density at radius 3 is 2.11 bits per heavy atom. The van der Waals surface area contributed by atoms with Crippen LogP contribution in [0.15, 0.2) is 72.8 Å². The van der Waals surface area contributed by atoms with Crippen LogP contribution >= 0.6 is 0 Å². The van der Waals surface area contributed by atoms with Crippen LogP contribution < -0.4 is 9.80 Å². The van der Waals surface area contributed by atoms with Gasteiger partial charge in [-0.05, 0) is 59.9 Å². The molecule has 1 aliphatic carbocycles. The van der Waals surface area contributed by atoms with E-state index in [9.17, 15) is 9.59 Å². The van der Waals surface area contributed by atoms with Crippen molar-refractivity contribution in [1.29, 1.82) is 0 Å². The van der Waals surface area contributed by atoms with Gasteiger partial charge in [-0.25, -0.2) is 4.79 Å². The van der Waals surface area contributed by atoms with E-state index in [0.717, 1.165) is 53.7 Å². The van der Waals surface area contributed by atoms with Gasteiger partial charge in [0.2, 0.25) is 5.91 Å². The number of aliphatic carboxylic acids is 1. The maximum absolute atomic E-state index is 13.6. The van der Waals surface area contributed by atoms with Gasteiger partial charge in [-0.2, -0.15) is 0 Å². The molecule has 1 amide bonds. The molecule has 3 aromatic rings. The summed E-state index contributed by atoms with van der Waals surface area (Å²) < 4.78 is 0. The number of benzene rings is 3. The van der Waals surface area contributed by atoms with Gasteiger partial charge in [0.15, 0.2) is 0 Å². The zero-order chi connectivity index (χ0) is 25.5. The quantitative estimate of drug-likeness (QED) is 0.442. The zero-order valence-corrected chi connectivity index (χ0v) is 20.9. The van der Waals surface area contributed by atoms with E-state index in [1.165, 1.54) is 6.42 Å². The van der Waals surface area contributed by atoms with Crippen molar-refractivity contribution in [1.82, 2.24) is 0 Å². The molecular formula is C31H32N2O3. The molecule has 4 rings (SSSR count). The molecule has 3 aromatic carbocycles. The second kappa shape index (κ2) is 11.6. The molecule has 1 saturated carbocycles. The van der Waals surface area contributed by atoms with Crippen LogP contribution in [0.25, 0.3) is 11.1 Å². The van der Waals surface area contributed by atoms with Gasteiger partial charge in [0.25, 0.3) is 0 Å². The SMILES string of the molecule is CN(C)c1ccc(-c2ccc(CN(C(=O)C3CCCCC3)c3cccc(C#CC(=O)O)c3)cc2)cc1. The third kappa shape index (κ3) is 6.34. The molecule has 0 aliphatic heterocycles. The lowest BCUT2D eigenvalue weighted by molar-refractivity contribution is -0.130. The first-order chi connectivity index (χ1) is 17.4. The molecule has 0 heterocycles. The van der Waals surface area contributed by atoms with E-state index in [1.807, 2.05) is 31.1 Å². The first kappa shape index (κ1) is 25.1. The third-order valence-corrected chi connectivity index (χ3v) is 6.70. The van der Waals surface area contributed by atoms with E-state index >= 15 is 0 Å². The highest BCUT2D eigenvalue weighted by atomic mass is 16.4. The molecule has 0 aromatic heterocycles. The van der Waals surface area contributed by atoms with Crippen LogP contribution in [0.5, 0.6) is 0 Å². The van der Waals surface area contributed by atoms with Crippen molar-refractivity contribution >= 4 is 23.3 Å². The van der Waals surface area contributed by atoms with Crippen LogP contribution in [0.4, 0.5) is 11.4 Å². The van der Waals surface area contributed by atoms with Crippen molar-refractivity contribution in [3.63, 3.8) is 0 Å². The predicted octanol–water partition coefficient (Wildman–Crippen LogP) is 5.97. The van der Waals surface area contributed by atoms with Crippen molar-refractivity contribution in [2.75, 3.05) is 23.9 Å². The molecule has 0 radical (unpaired) electrons. The van der Waals surface area contributed by atoms with Crippen molar-refractivity contribution in [3.8, 4) is 23.0 Å². The Hall–Kier alpha value is -4.04. The lowest BCUT2D eigenvalue weighted by atomic mass is 9.88. The first-order valence-corrected chi connectivity index (χ1v) is 12.4. The summed E-state index contributed by atoms with van der Waals surface area (Å²) in [6, 6.07) is 24.1. The number of carbonyl (C=O) groups is 2. The van der Waals surface area contributed by atoms with Gasteiger partial charge in [-0.3, -0.25) is 4.79 Å². The minimum absolute atomic E-state index is 0.0157. The van der Waals surface area contributed by atoms with Gasteiger partial charge < -0.3 is 14.9 Å². The Kier molecular flexibility index (Phi) is 8.07. The van der Waals surface area contributed by atoms with Crippen LogP contribution in [0.1, 0.15) is 43.2 Å². The van der Waals surface area contributed by atoms with Crippen molar-refractivity contribution in [3.05, 3.63) is 83.9 Å². The Labute approximate surface area is 213 Å². The monoisotopic (exact) mass is 480 g/mol. The molecule has 1 aliphatic rings. The predicted molar refractivity (Wildman–Crippen MR) is 145 cm³/mol. The Balaban J connectivity index is 1.59. The smallest absolute Gasteiger partial charge is 0.382 e. The molecule has 184 valence electrons. The van der Waals surface area contributed by atoms with E-state index < -0.39 is 5.97 Å². The van der Waals surface area contributed by atoms with E-state index in [2.05, 4.69) is 65.3 Å². The van der Waals surface area contributed by atoms with Gasteiger partial charge in [-0.1, -0.05) is 67.6 Å². The summed E-state index contributed by atoms with van der Waals surface area (Å²) >= 11 is 0. The summed E-state index contributed by atoms with van der Waals surface area (Å²) in [5.74, 6) is 3.80. The summed E-state index contributed by atoms with van der Waals surface area (Å²) in [5, 5.41) is 8.91. The summed E-state index contributed by atoms with van der Waals surface area (Å²) in [6.07, 6.45) is 5.16. The lowest BCUT2D eigenvalue weighted by Gasteiger charge is -2.30. The number of carboxylic acid groups (broad SMARTS) is 1. The van der Waals surface area contributed by atoms with E-state index in [-0.39, 0.29) is 11.8 Å². The number of carbonyl (C=O) groups excluding carboxylic acids is 1. The van der Waals surface area contributed by atoms with Gasteiger partial charge >= 0.3 is 5.97 Å². The standard InChI is InChI=1S/C31H32N2O3/c1-32(2)28-18-16-26(17-19-28)25-14-11-24(12-15-25)22-33(31(36)27-8-4-3-5-9-27)29-10-6-7-23(21-29)13-20-30(34)35/h6-7,10-12,14-19,21,27H,3-5,8-9,22H2,1-2H3,(H,34,35). The molecule has 0 bridgehead atoms. The number of hydrogen-bond acceptors (Lipinski definition) is 3. The van der Waals surface area contributed by atoms with E-state index in [4.69, 9.17) is 5.11 Å². The van der Waals surface area contributed by atoms with E-state index in [1.54, 1.807) is 12.1 Å². The lowest BCUT2D eigenvalue weighted by Crippen LogP contribution is -2.36. The van der Waals surface area contributed by atoms with E-state index in [0.29, 0.717) is 12.1 Å². The minimum atomic E-state index is -1.17. The molecule has 5 heteroatoms. The molecule has 5 nitrogen and oxygen atoms in total. The van der Waals surface area contributed by atoms with Crippen LogP contribution in [0.3, 0.4) is 0 Å². The molecule has 0 spiro atoms. The fourth-order valence-corrected chi connectivity index (χ4v) is 4.68. The van der Waals surface area contributed by atoms with Gasteiger partial charge in [0.1, 0.15) is 0 Å². The highest BCUT2D eigenvalue weighted by molar-refractivity contribution is 5.95. The number of anilines is 2. The maximum atomic E-state index is 13.6. The van der Waals surface area contributed by atoms with Gasteiger partial charge in [0.05, 0.1) is 6.54 Å². The molecule has 1 fully saturated rings. The average Bonchev–Trinajstić information content (AvgIpc) is 2.91. The molecule has 1 N–H and O–H groups in total. The number of rotatable bonds is 6. The van der Waals surface area contributed by atoms with Gasteiger partial charge in [-0.15, -0.1) is 0 Å². The second-order valence-corrected chi connectivity index (χ2v) is 9.50. The van der Waals surface area contributed by atoms with Gasteiger partial charge in [0, 0.05) is 42.9 Å². The fourth-order valence-electron chi connectivity index (χ4n) is 4.68. The molecular weight excluding hydrogens is 448 g/mol. The first-order valence-electron chi connectivity index (χ1n) is 12.4. The number of nitrogens with zero attached hydrogens (tertiary/aromatic N) is 2. The molecule has 0 unspecified atom stereocenters. The van der Waals surface area contributed by atoms with Crippen molar-refractivity contribution in [2.45, 2.75) is 38.6 Å².